The molecule has 13 heavy (non-hydrogen) atoms. The maximum absolute atomic E-state index is 12.2. The molecule has 0 aromatic heterocycles. The van der Waals surface area contributed by atoms with Gasteiger partial charge in [0, 0.05) is 18.6 Å². The number of likely N-dealkylation sites (tertiary alicyclic amines) is 1. The Labute approximate surface area is 78.4 Å². The zero-order valence-electron chi connectivity index (χ0n) is 8.53. The van der Waals surface area contributed by atoms with Crippen molar-refractivity contribution in [1.29, 1.82) is 0 Å². The van der Waals surface area contributed by atoms with Gasteiger partial charge in [0.15, 0.2) is 0 Å². The number of halogens is 2. The number of rotatable bonds is 0. The minimum atomic E-state index is -1.46. The van der Waals surface area contributed by atoms with Gasteiger partial charge < -0.3 is 0 Å². The van der Waals surface area contributed by atoms with Crippen LogP contribution in [0.3, 0.4) is 0 Å². The maximum Gasteiger partial charge on any atom is 0.269 e. The van der Waals surface area contributed by atoms with E-state index in [0.29, 0.717) is 18.4 Å². The van der Waals surface area contributed by atoms with Gasteiger partial charge in [0.1, 0.15) is 0 Å². The molecule has 1 aliphatic heterocycles. The van der Waals surface area contributed by atoms with E-state index in [4.69, 9.17) is 0 Å². The lowest BCUT2D eigenvalue weighted by atomic mass is 9.98. The van der Waals surface area contributed by atoms with E-state index in [1.807, 2.05) is 0 Å². The van der Waals surface area contributed by atoms with Crippen molar-refractivity contribution in [1.82, 2.24) is 4.90 Å². The van der Waals surface area contributed by atoms with Gasteiger partial charge in [-0.2, -0.15) is 8.78 Å². The van der Waals surface area contributed by atoms with Gasteiger partial charge in [-0.3, -0.25) is 4.90 Å². The molecule has 76 valence electrons. The predicted molar refractivity (Wildman–Crippen MR) is 49.8 cm³/mol. The molecule has 0 atom stereocenters. The van der Waals surface area contributed by atoms with Crippen LogP contribution in [0, 0.1) is 0 Å². The summed E-state index contributed by atoms with van der Waals surface area (Å²) in [4.78, 5) is 2.25. The molecule has 1 aliphatic rings. The van der Waals surface area contributed by atoms with Gasteiger partial charge in [0.2, 0.25) is 0 Å². The van der Waals surface area contributed by atoms with Crippen LogP contribution in [0.5, 0.6) is 0 Å². The average molecular weight is 189 g/mol. The van der Waals surface area contributed by atoms with Crippen LogP contribution in [0.25, 0.3) is 0 Å². The van der Waals surface area contributed by atoms with Crippen molar-refractivity contribution >= 4 is 0 Å². The molecule has 1 heterocycles. The Morgan fingerprint density at radius 1 is 1.15 bits per heavy atom. The first-order chi connectivity index (χ1) is 5.91. The van der Waals surface area contributed by atoms with Gasteiger partial charge in [0.25, 0.3) is 6.08 Å². The Morgan fingerprint density at radius 2 is 1.62 bits per heavy atom. The number of piperidine rings is 1. The molecule has 0 aromatic carbocycles. The topological polar surface area (TPSA) is 3.24 Å². The highest BCUT2D eigenvalue weighted by atomic mass is 19.3. The third-order valence-corrected chi connectivity index (χ3v) is 2.58. The first-order valence-electron chi connectivity index (χ1n) is 4.69. The molecule has 0 aromatic rings. The molecule has 0 bridgehead atoms. The van der Waals surface area contributed by atoms with Crippen LogP contribution in [0.2, 0.25) is 0 Å². The van der Waals surface area contributed by atoms with Crippen molar-refractivity contribution in [3.8, 4) is 0 Å². The van der Waals surface area contributed by atoms with Crippen LogP contribution in [-0.2, 0) is 0 Å². The summed E-state index contributed by atoms with van der Waals surface area (Å²) in [6.07, 6.45) is -0.410. The lowest BCUT2D eigenvalue weighted by Crippen LogP contribution is -2.44. The van der Waals surface area contributed by atoms with Crippen LogP contribution in [-0.4, -0.2) is 23.5 Å². The summed E-state index contributed by atoms with van der Waals surface area (Å²) in [6, 6.07) is 0. The Bertz CT molecular complexity index is 201. The first kappa shape index (κ1) is 10.6. The highest BCUT2D eigenvalue weighted by molar-refractivity contribution is 5.07. The predicted octanol–water partition coefficient (Wildman–Crippen LogP) is 3.03. The number of nitrogens with zero attached hydrogens (tertiary/aromatic N) is 1. The normalized spacial score (nSPS) is 20.5. The summed E-state index contributed by atoms with van der Waals surface area (Å²) in [6.45, 7) is 7.88. The monoisotopic (exact) mass is 189 g/mol. The second-order valence-corrected chi connectivity index (χ2v) is 4.52. The largest absolute Gasteiger partial charge is 0.298 e. The van der Waals surface area contributed by atoms with Crippen LogP contribution < -0.4 is 0 Å². The molecule has 0 N–H and O–H groups in total. The Morgan fingerprint density at radius 3 is 1.92 bits per heavy atom. The molecular formula is C10H17F2N. The molecule has 1 fully saturated rings. The summed E-state index contributed by atoms with van der Waals surface area (Å²) in [7, 11) is 0. The van der Waals surface area contributed by atoms with Crippen LogP contribution in [0.4, 0.5) is 8.78 Å². The number of hydrogen-bond donors (Lipinski definition) is 0. The molecule has 1 nitrogen and oxygen atoms in total. The molecule has 0 radical (unpaired) electrons. The van der Waals surface area contributed by atoms with Crippen LogP contribution in [0.15, 0.2) is 11.7 Å². The molecular weight excluding hydrogens is 172 g/mol. The second-order valence-electron chi connectivity index (χ2n) is 4.52. The Kier molecular flexibility index (Phi) is 3.06. The van der Waals surface area contributed by atoms with Crippen molar-refractivity contribution < 1.29 is 8.78 Å². The zero-order valence-corrected chi connectivity index (χ0v) is 8.53. The van der Waals surface area contributed by atoms with Crippen molar-refractivity contribution in [2.75, 3.05) is 13.1 Å². The van der Waals surface area contributed by atoms with E-state index in [1.165, 1.54) is 0 Å². The van der Waals surface area contributed by atoms with Crippen molar-refractivity contribution in [2.45, 2.75) is 39.2 Å². The molecule has 0 saturated carbocycles. The first-order valence-corrected chi connectivity index (χ1v) is 4.69. The van der Waals surface area contributed by atoms with Gasteiger partial charge in [-0.05, 0) is 39.2 Å². The molecule has 0 amide bonds. The number of hydrogen-bond acceptors (Lipinski definition) is 1. The molecule has 3 heteroatoms. The molecule has 1 rings (SSSR count). The van der Waals surface area contributed by atoms with Crippen LogP contribution in [0.1, 0.15) is 33.6 Å². The van der Waals surface area contributed by atoms with E-state index < -0.39 is 6.08 Å². The zero-order chi connectivity index (χ0) is 10.1. The fourth-order valence-corrected chi connectivity index (χ4v) is 1.64. The van der Waals surface area contributed by atoms with Crippen LogP contribution >= 0.6 is 0 Å². The van der Waals surface area contributed by atoms with Crippen molar-refractivity contribution in [3.05, 3.63) is 11.7 Å². The third-order valence-electron chi connectivity index (χ3n) is 2.58. The average Bonchev–Trinajstić information content (AvgIpc) is 2.03. The van der Waals surface area contributed by atoms with Crippen molar-refractivity contribution in [3.63, 3.8) is 0 Å². The van der Waals surface area contributed by atoms with Gasteiger partial charge in [0.05, 0.1) is 0 Å². The quantitative estimate of drug-likeness (QED) is 0.566. The van der Waals surface area contributed by atoms with Gasteiger partial charge in [-0.25, -0.2) is 0 Å². The molecule has 0 aliphatic carbocycles. The molecule has 1 saturated heterocycles. The maximum atomic E-state index is 12.2. The second kappa shape index (κ2) is 3.74. The summed E-state index contributed by atoms with van der Waals surface area (Å²) < 4.78 is 24.4. The lowest BCUT2D eigenvalue weighted by molar-refractivity contribution is 0.123. The summed E-state index contributed by atoms with van der Waals surface area (Å²) in [5, 5.41) is 0. The molecule has 0 spiro atoms. The van der Waals surface area contributed by atoms with E-state index in [1.54, 1.807) is 0 Å². The minimum absolute atomic E-state index is 0.109. The fourth-order valence-electron chi connectivity index (χ4n) is 1.64. The van der Waals surface area contributed by atoms with E-state index in [2.05, 4.69) is 25.7 Å². The fraction of sp³-hybridized carbons (Fsp3) is 0.800. The lowest BCUT2D eigenvalue weighted by Gasteiger charge is -2.38. The summed E-state index contributed by atoms with van der Waals surface area (Å²) in [5.74, 6) is 0. The van der Waals surface area contributed by atoms with Gasteiger partial charge in [-0.1, -0.05) is 0 Å². The highest BCUT2D eigenvalue weighted by Crippen LogP contribution is 2.25. The van der Waals surface area contributed by atoms with E-state index >= 15 is 0 Å². The molecule has 0 unspecified atom stereocenters. The third kappa shape index (κ3) is 2.76. The Hall–Kier alpha value is -0.440. The smallest absolute Gasteiger partial charge is 0.269 e. The summed E-state index contributed by atoms with van der Waals surface area (Å²) >= 11 is 0. The van der Waals surface area contributed by atoms with Crippen molar-refractivity contribution in [2.24, 2.45) is 0 Å². The highest BCUT2D eigenvalue weighted by Gasteiger charge is 2.25. The van der Waals surface area contributed by atoms with E-state index in [-0.39, 0.29) is 5.54 Å². The standard InChI is InChI=1S/C10H17F2N/c1-10(2,3)13-6-4-8(5-7-13)9(11)12/h4-7H2,1-3H3. The van der Waals surface area contributed by atoms with E-state index in [0.717, 1.165) is 13.1 Å². The SMILES string of the molecule is CC(C)(C)N1CCC(=C(F)F)CC1. The van der Waals surface area contributed by atoms with Gasteiger partial charge >= 0.3 is 0 Å². The minimum Gasteiger partial charge on any atom is -0.298 e. The Balaban J connectivity index is 2.54. The van der Waals surface area contributed by atoms with Gasteiger partial charge in [-0.15, -0.1) is 0 Å². The summed E-state index contributed by atoms with van der Waals surface area (Å²) in [5.41, 5.74) is 0.457. The van der Waals surface area contributed by atoms with E-state index in [9.17, 15) is 8.78 Å².